The third-order valence-electron chi connectivity index (χ3n) is 2.46. The molecule has 0 radical (unpaired) electrons. The van der Waals surface area contributed by atoms with E-state index in [-0.39, 0.29) is 5.91 Å². The van der Waals surface area contributed by atoms with E-state index in [1.807, 2.05) is 19.1 Å². The van der Waals surface area contributed by atoms with Gasteiger partial charge in [-0.25, -0.2) is 0 Å². The molecular weight excluding hydrogens is 266 g/mol. The van der Waals surface area contributed by atoms with E-state index in [9.17, 15) is 4.79 Å². The zero-order valence-electron chi connectivity index (χ0n) is 9.79. The Bertz CT molecular complexity index is 350. The van der Waals surface area contributed by atoms with E-state index in [1.165, 1.54) is 11.1 Å². The van der Waals surface area contributed by atoms with Crippen LogP contribution in [0.3, 0.4) is 0 Å². The van der Waals surface area contributed by atoms with E-state index < -0.39 is 0 Å². The van der Waals surface area contributed by atoms with Crippen molar-refractivity contribution in [1.29, 1.82) is 0 Å². The lowest BCUT2D eigenvalue weighted by molar-refractivity contribution is -0.121. The number of nitrogens with one attached hydrogen (secondary N) is 1. The summed E-state index contributed by atoms with van der Waals surface area (Å²) in [6.07, 6.45) is 1.37. The molecule has 0 spiro atoms. The molecule has 3 heteroatoms. The molecular formula is C13H18BrNO. The number of amides is 1. The van der Waals surface area contributed by atoms with Gasteiger partial charge in [0.2, 0.25) is 5.91 Å². The standard InChI is InChI=1S/C13H18BrNO/c1-10-5-3-4-6-12(10)7-8-13(16)15-9-11(2)14/h3-6,11H,7-9H2,1-2H3,(H,15,16). The highest BCUT2D eigenvalue weighted by molar-refractivity contribution is 9.09. The zero-order valence-corrected chi connectivity index (χ0v) is 11.4. The van der Waals surface area contributed by atoms with E-state index >= 15 is 0 Å². The summed E-state index contributed by atoms with van der Waals surface area (Å²) in [5.41, 5.74) is 2.51. The third-order valence-corrected chi connectivity index (χ3v) is 2.79. The Morgan fingerprint density at radius 1 is 1.44 bits per heavy atom. The Morgan fingerprint density at radius 2 is 2.12 bits per heavy atom. The van der Waals surface area contributed by atoms with Crippen molar-refractivity contribution in [2.45, 2.75) is 31.5 Å². The first-order chi connectivity index (χ1) is 7.59. The van der Waals surface area contributed by atoms with Crippen molar-refractivity contribution in [1.82, 2.24) is 5.32 Å². The molecule has 1 N–H and O–H groups in total. The van der Waals surface area contributed by atoms with Gasteiger partial charge >= 0.3 is 0 Å². The molecule has 0 aliphatic carbocycles. The van der Waals surface area contributed by atoms with Crippen LogP contribution in [0.25, 0.3) is 0 Å². The smallest absolute Gasteiger partial charge is 0.220 e. The van der Waals surface area contributed by atoms with Crippen molar-refractivity contribution in [3.63, 3.8) is 0 Å². The highest BCUT2D eigenvalue weighted by atomic mass is 79.9. The molecule has 1 aromatic carbocycles. The van der Waals surface area contributed by atoms with Crippen LogP contribution in [-0.4, -0.2) is 17.3 Å². The van der Waals surface area contributed by atoms with Gasteiger partial charge < -0.3 is 5.32 Å². The van der Waals surface area contributed by atoms with Crippen LogP contribution in [0.1, 0.15) is 24.5 Å². The fourth-order valence-electron chi connectivity index (χ4n) is 1.48. The van der Waals surface area contributed by atoms with Crippen LogP contribution in [0.2, 0.25) is 0 Å². The van der Waals surface area contributed by atoms with E-state index in [2.05, 4.69) is 40.3 Å². The summed E-state index contributed by atoms with van der Waals surface area (Å²) in [6, 6.07) is 8.19. The molecule has 1 unspecified atom stereocenters. The van der Waals surface area contributed by atoms with Crippen LogP contribution in [0.4, 0.5) is 0 Å². The van der Waals surface area contributed by atoms with E-state index in [0.717, 1.165) is 6.42 Å². The summed E-state index contributed by atoms with van der Waals surface area (Å²) < 4.78 is 0. The van der Waals surface area contributed by atoms with Gasteiger partial charge in [0.15, 0.2) is 0 Å². The fraction of sp³-hybridized carbons (Fsp3) is 0.462. The molecule has 88 valence electrons. The van der Waals surface area contributed by atoms with E-state index in [1.54, 1.807) is 0 Å². The third kappa shape index (κ3) is 4.79. The minimum Gasteiger partial charge on any atom is -0.355 e. The lowest BCUT2D eigenvalue weighted by Gasteiger charge is -2.07. The number of halogens is 1. The lowest BCUT2D eigenvalue weighted by atomic mass is 10.0. The van der Waals surface area contributed by atoms with Gasteiger partial charge in [-0.3, -0.25) is 4.79 Å². The molecule has 0 bridgehead atoms. The van der Waals surface area contributed by atoms with Gasteiger partial charge in [-0.15, -0.1) is 0 Å². The van der Waals surface area contributed by atoms with Crippen molar-refractivity contribution < 1.29 is 4.79 Å². The Balaban J connectivity index is 2.35. The monoisotopic (exact) mass is 283 g/mol. The normalized spacial score (nSPS) is 12.2. The molecule has 16 heavy (non-hydrogen) atoms. The highest BCUT2D eigenvalue weighted by Crippen LogP contribution is 2.09. The zero-order chi connectivity index (χ0) is 12.0. The van der Waals surface area contributed by atoms with Crippen LogP contribution in [0.5, 0.6) is 0 Å². The molecule has 0 saturated carbocycles. The van der Waals surface area contributed by atoms with Crippen LogP contribution in [-0.2, 0) is 11.2 Å². The Hall–Kier alpha value is -0.830. The number of alkyl halides is 1. The number of benzene rings is 1. The van der Waals surface area contributed by atoms with Gasteiger partial charge in [-0.2, -0.15) is 0 Å². The summed E-state index contributed by atoms with van der Waals surface area (Å²) >= 11 is 3.40. The molecule has 0 fully saturated rings. The first kappa shape index (κ1) is 13.2. The topological polar surface area (TPSA) is 29.1 Å². The number of aryl methyl sites for hydroxylation is 2. The predicted molar refractivity (Wildman–Crippen MR) is 70.9 cm³/mol. The SMILES string of the molecule is Cc1ccccc1CCC(=O)NCC(C)Br. The average Bonchev–Trinajstić information content (AvgIpc) is 2.25. The van der Waals surface area contributed by atoms with Gasteiger partial charge in [-0.1, -0.05) is 47.1 Å². The number of hydrogen-bond donors (Lipinski definition) is 1. The van der Waals surface area contributed by atoms with Gasteiger partial charge in [0, 0.05) is 17.8 Å². The molecule has 0 aromatic heterocycles. The number of hydrogen-bond acceptors (Lipinski definition) is 1. The second-order valence-corrected chi connectivity index (χ2v) is 5.57. The van der Waals surface area contributed by atoms with Crippen molar-refractivity contribution in [3.8, 4) is 0 Å². The molecule has 2 nitrogen and oxygen atoms in total. The summed E-state index contributed by atoms with van der Waals surface area (Å²) in [6.45, 7) is 4.78. The maximum atomic E-state index is 11.5. The Morgan fingerprint density at radius 3 is 2.75 bits per heavy atom. The number of carbonyl (C=O) groups excluding carboxylic acids is 1. The maximum absolute atomic E-state index is 11.5. The lowest BCUT2D eigenvalue weighted by Crippen LogP contribution is -2.28. The summed E-state index contributed by atoms with van der Waals surface area (Å²) in [5, 5.41) is 2.89. The molecule has 0 aliphatic rings. The van der Waals surface area contributed by atoms with Gasteiger partial charge in [0.1, 0.15) is 0 Å². The quantitative estimate of drug-likeness (QED) is 0.828. The van der Waals surface area contributed by atoms with Crippen LogP contribution in [0, 0.1) is 6.92 Å². The number of rotatable bonds is 5. The predicted octanol–water partition coefficient (Wildman–Crippen LogP) is 2.83. The molecule has 1 amide bonds. The number of carbonyl (C=O) groups is 1. The molecule has 1 atom stereocenters. The van der Waals surface area contributed by atoms with Crippen LogP contribution >= 0.6 is 15.9 Å². The van der Waals surface area contributed by atoms with E-state index in [4.69, 9.17) is 0 Å². The van der Waals surface area contributed by atoms with Gasteiger partial charge in [0.25, 0.3) is 0 Å². The largest absolute Gasteiger partial charge is 0.355 e. The van der Waals surface area contributed by atoms with Crippen molar-refractivity contribution in [2.24, 2.45) is 0 Å². The second-order valence-electron chi connectivity index (χ2n) is 4.01. The molecule has 0 heterocycles. The molecule has 0 saturated heterocycles. The molecule has 0 aliphatic heterocycles. The first-order valence-electron chi connectivity index (χ1n) is 5.55. The molecule has 1 aromatic rings. The van der Waals surface area contributed by atoms with Crippen LogP contribution in [0.15, 0.2) is 24.3 Å². The van der Waals surface area contributed by atoms with Crippen molar-refractivity contribution >= 4 is 21.8 Å². The summed E-state index contributed by atoms with van der Waals surface area (Å²) in [4.78, 5) is 11.8. The molecule has 1 rings (SSSR count). The van der Waals surface area contributed by atoms with Gasteiger partial charge in [0.05, 0.1) is 0 Å². The Labute approximate surface area is 106 Å². The second kappa shape index (κ2) is 6.69. The average molecular weight is 284 g/mol. The fourth-order valence-corrected chi connectivity index (χ4v) is 1.64. The van der Waals surface area contributed by atoms with Gasteiger partial charge in [-0.05, 0) is 24.5 Å². The summed E-state index contributed by atoms with van der Waals surface area (Å²) in [5.74, 6) is 0.120. The highest BCUT2D eigenvalue weighted by Gasteiger charge is 2.04. The minimum atomic E-state index is 0.120. The minimum absolute atomic E-state index is 0.120. The maximum Gasteiger partial charge on any atom is 0.220 e. The first-order valence-corrected chi connectivity index (χ1v) is 6.46. The van der Waals surface area contributed by atoms with Crippen molar-refractivity contribution in [3.05, 3.63) is 35.4 Å². The van der Waals surface area contributed by atoms with Crippen LogP contribution < -0.4 is 5.32 Å². The summed E-state index contributed by atoms with van der Waals surface area (Å²) in [7, 11) is 0. The van der Waals surface area contributed by atoms with E-state index in [0.29, 0.717) is 17.8 Å². The van der Waals surface area contributed by atoms with Crippen molar-refractivity contribution in [2.75, 3.05) is 6.54 Å². The Kier molecular flexibility index (Phi) is 5.53.